The summed E-state index contributed by atoms with van der Waals surface area (Å²) in [6, 6.07) is 16.2. The predicted octanol–water partition coefficient (Wildman–Crippen LogP) is 3.98. The molecule has 0 bridgehead atoms. The Morgan fingerprint density at radius 2 is 1.81 bits per heavy atom. The highest BCUT2D eigenvalue weighted by Crippen LogP contribution is 2.31. The molecule has 1 heteroatoms. The molecule has 0 saturated carbocycles. The Morgan fingerprint density at radius 3 is 2.57 bits per heavy atom. The molecule has 2 atom stereocenters. The van der Waals surface area contributed by atoms with Gasteiger partial charge in [-0.15, -0.1) is 0 Å². The van der Waals surface area contributed by atoms with E-state index in [4.69, 9.17) is 0 Å². The molecular weight excluding hydrogens is 256 g/mol. The monoisotopic (exact) mass is 274 g/mol. The first-order valence-corrected chi connectivity index (χ1v) is 7.33. The van der Waals surface area contributed by atoms with Crippen LogP contribution in [0.4, 0.5) is 0 Å². The second kappa shape index (κ2) is 5.99. The Morgan fingerprint density at radius 1 is 1.05 bits per heavy atom. The lowest BCUT2D eigenvalue weighted by Crippen LogP contribution is -2.13. The van der Waals surface area contributed by atoms with Crippen LogP contribution in [0.1, 0.15) is 35.3 Å². The number of aliphatic hydroxyl groups excluding tert-OH is 1. The van der Waals surface area contributed by atoms with E-state index >= 15 is 0 Å². The van der Waals surface area contributed by atoms with E-state index in [2.05, 4.69) is 30.9 Å². The highest BCUT2D eigenvalue weighted by molar-refractivity contribution is 5.59. The molecule has 0 saturated heterocycles. The van der Waals surface area contributed by atoms with Crippen molar-refractivity contribution in [3.63, 3.8) is 0 Å². The van der Waals surface area contributed by atoms with Crippen LogP contribution in [0, 0.1) is 17.8 Å². The number of fused-ring (bicyclic) bond motifs is 1. The first kappa shape index (κ1) is 13.7. The molecule has 3 rings (SSSR count). The summed E-state index contributed by atoms with van der Waals surface area (Å²) >= 11 is 0. The number of aliphatic hydroxyl groups is 1. The van der Waals surface area contributed by atoms with Crippen molar-refractivity contribution in [1.29, 1.82) is 0 Å². The molecule has 1 aliphatic carbocycles. The molecule has 0 fully saturated rings. The van der Waals surface area contributed by atoms with E-state index < -0.39 is 6.10 Å². The van der Waals surface area contributed by atoms with Crippen molar-refractivity contribution in [2.75, 3.05) is 0 Å². The van der Waals surface area contributed by atoms with Gasteiger partial charge in [0.05, 0.1) is 12.0 Å². The van der Waals surface area contributed by atoms with Crippen LogP contribution in [-0.2, 0) is 6.42 Å². The summed E-state index contributed by atoms with van der Waals surface area (Å²) in [5.41, 5.74) is 4.34. The zero-order valence-corrected chi connectivity index (χ0v) is 12.1. The molecule has 2 aromatic carbocycles. The minimum Gasteiger partial charge on any atom is -0.387 e. The van der Waals surface area contributed by atoms with Crippen molar-refractivity contribution in [3.05, 3.63) is 76.9 Å². The maximum absolute atomic E-state index is 10.4. The van der Waals surface area contributed by atoms with Crippen LogP contribution in [-0.4, -0.2) is 5.11 Å². The maximum Gasteiger partial charge on any atom is 0.0968 e. The number of hydrogen-bond acceptors (Lipinski definition) is 1. The van der Waals surface area contributed by atoms with E-state index in [1.54, 1.807) is 0 Å². The van der Waals surface area contributed by atoms with Crippen molar-refractivity contribution in [2.45, 2.75) is 19.4 Å². The van der Waals surface area contributed by atoms with Crippen molar-refractivity contribution < 1.29 is 5.11 Å². The third-order valence-corrected chi connectivity index (χ3v) is 3.88. The zero-order valence-electron chi connectivity index (χ0n) is 12.1. The molecule has 104 valence electrons. The topological polar surface area (TPSA) is 20.2 Å². The van der Waals surface area contributed by atoms with Crippen molar-refractivity contribution in [2.24, 2.45) is 5.92 Å². The van der Waals surface area contributed by atoms with Crippen LogP contribution in [0.2, 0.25) is 0 Å². The number of hydrogen-bond donors (Lipinski definition) is 1. The second-order valence-electron chi connectivity index (χ2n) is 5.28. The first-order valence-electron chi connectivity index (χ1n) is 7.33. The van der Waals surface area contributed by atoms with E-state index in [-0.39, 0.29) is 5.92 Å². The standard InChI is InChI=1S/C20H18O/c1-2-15-7-9-16(10-8-15)11-12-18-14-13-17-5-3-4-6-19(17)20(18)21/h3-10,13-14,18,20-21H,2H2,1H3. The lowest BCUT2D eigenvalue weighted by molar-refractivity contribution is 0.153. The van der Waals surface area contributed by atoms with E-state index in [0.717, 1.165) is 23.1 Å². The highest BCUT2D eigenvalue weighted by atomic mass is 16.3. The van der Waals surface area contributed by atoms with Crippen LogP contribution in [0.15, 0.2) is 54.6 Å². The fourth-order valence-corrected chi connectivity index (χ4v) is 2.56. The van der Waals surface area contributed by atoms with Gasteiger partial charge in [0.15, 0.2) is 0 Å². The Balaban J connectivity index is 1.82. The summed E-state index contributed by atoms with van der Waals surface area (Å²) in [6.45, 7) is 2.14. The van der Waals surface area contributed by atoms with Crippen LogP contribution < -0.4 is 0 Å². The normalized spacial score (nSPS) is 19.5. The molecule has 1 nitrogen and oxygen atoms in total. The summed E-state index contributed by atoms with van der Waals surface area (Å²) < 4.78 is 0. The van der Waals surface area contributed by atoms with E-state index in [0.29, 0.717) is 0 Å². The zero-order chi connectivity index (χ0) is 14.7. The molecule has 1 N–H and O–H groups in total. The largest absolute Gasteiger partial charge is 0.387 e. The summed E-state index contributed by atoms with van der Waals surface area (Å²) in [7, 11) is 0. The van der Waals surface area contributed by atoms with Crippen molar-refractivity contribution >= 4 is 6.08 Å². The minimum absolute atomic E-state index is 0.147. The minimum atomic E-state index is -0.548. The molecule has 0 aliphatic heterocycles. The molecule has 2 unspecified atom stereocenters. The quantitative estimate of drug-likeness (QED) is 0.780. The fourth-order valence-electron chi connectivity index (χ4n) is 2.56. The van der Waals surface area contributed by atoms with Gasteiger partial charge >= 0.3 is 0 Å². The number of benzene rings is 2. The SMILES string of the molecule is CCc1ccc(C#CC2C=Cc3ccccc3C2O)cc1. The average Bonchev–Trinajstić information content (AvgIpc) is 2.55. The van der Waals surface area contributed by atoms with Crippen LogP contribution in [0.3, 0.4) is 0 Å². The second-order valence-corrected chi connectivity index (χ2v) is 5.28. The van der Waals surface area contributed by atoms with E-state index in [1.807, 2.05) is 48.6 Å². The number of rotatable bonds is 1. The lowest BCUT2D eigenvalue weighted by Gasteiger charge is -2.21. The maximum atomic E-state index is 10.4. The molecule has 0 amide bonds. The Hall–Kier alpha value is -2.30. The van der Waals surface area contributed by atoms with Crippen molar-refractivity contribution in [1.82, 2.24) is 0 Å². The third-order valence-electron chi connectivity index (χ3n) is 3.88. The molecule has 0 radical (unpaired) electrons. The van der Waals surface area contributed by atoms with Gasteiger partial charge in [0.1, 0.15) is 0 Å². The van der Waals surface area contributed by atoms with Gasteiger partial charge in [-0.25, -0.2) is 0 Å². The summed E-state index contributed by atoms with van der Waals surface area (Å²) in [6.07, 6.45) is 4.52. The lowest BCUT2D eigenvalue weighted by atomic mass is 9.87. The van der Waals surface area contributed by atoms with Gasteiger partial charge in [-0.05, 0) is 35.2 Å². The van der Waals surface area contributed by atoms with Crippen LogP contribution in [0.5, 0.6) is 0 Å². The van der Waals surface area contributed by atoms with Gasteiger partial charge < -0.3 is 5.11 Å². The Bertz CT molecular complexity index is 713. The third kappa shape index (κ3) is 2.91. The smallest absolute Gasteiger partial charge is 0.0968 e. The first-order chi connectivity index (χ1) is 10.3. The molecule has 2 aromatic rings. The van der Waals surface area contributed by atoms with Gasteiger partial charge in [-0.1, -0.05) is 67.3 Å². The fraction of sp³-hybridized carbons (Fsp3) is 0.200. The van der Waals surface area contributed by atoms with E-state index in [1.165, 1.54) is 5.56 Å². The molecule has 0 spiro atoms. The molecule has 0 heterocycles. The molecule has 1 aliphatic rings. The van der Waals surface area contributed by atoms with Gasteiger partial charge in [0.25, 0.3) is 0 Å². The van der Waals surface area contributed by atoms with Gasteiger partial charge in [-0.3, -0.25) is 0 Å². The molecule has 21 heavy (non-hydrogen) atoms. The predicted molar refractivity (Wildman–Crippen MR) is 86.6 cm³/mol. The molecule has 0 aromatic heterocycles. The Kier molecular flexibility index (Phi) is 3.90. The van der Waals surface area contributed by atoms with Gasteiger partial charge in [0, 0.05) is 5.56 Å². The molecular formula is C20H18O. The summed E-state index contributed by atoms with van der Waals surface area (Å²) in [5.74, 6) is 6.20. The summed E-state index contributed by atoms with van der Waals surface area (Å²) in [5, 5.41) is 10.4. The van der Waals surface area contributed by atoms with Crippen molar-refractivity contribution in [3.8, 4) is 11.8 Å². The number of aryl methyl sites for hydroxylation is 1. The average molecular weight is 274 g/mol. The van der Waals surface area contributed by atoms with Gasteiger partial charge in [-0.2, -0.15) is 0 Å². The highest BCUT2D eigenvalue weighted by Gasteiger charge is 2.21. The summed E-state index contributed by atoms with van der Waals surface area (Å²) in [4.78, 5) is 0. The Labute approximate surface area is 126 Å². The van der Waals surface area contributed by atoms with Crippen LogP contribution in [0.25, 0.3) is 6.08 Å². The van der Waals surface area contributed by atoms with Gasteiger partial charge in [0.2, 0.25) is 0 Å². The van der Waals surface area contributed by atoms with E-state index in [9.17, 15) is 5.11 Å². The van der Waals surface area contributed by atoms with Crippen LogP contribution >= 0.6 is 0 Å².